The molecule has 0 unspecified atom stereocenters. The van der Waals surface area contributed by atoms with E-state index in [1.165, 1.54) is 0 Å². The van der Waals surface area contributed by atoms with E-state index < -0.39 is 0 Å². The van der Waals surface area contributed by atoms with Gasteiger partial charge in [0, 0.05) is 18.2 Å². The second-order valence-corrected chi connectivity index (χ2v) is 3.28. The van der Waals surface area contributed by atoms with Crippen LogP contribution in [0, 0.1) is 6.92 Å². The van der Waals surface area contributed by atoms with Gasteiger partial charge in [0.25, 0.3) is 0 Å². The number of anilines is 1. The monoisotopic (exact) mass is 209 g/mol. The molecule has 0 radical (unpaired) electrons. The van der Waals surface area contributed by atoms with E-state index in [0.29, 0.717) is 22.4 Å². The predicted octanol–water partition coefficient (Wildman–Crippen LogP) is 2.28. The first kappa shape index (κ1) is 9.02. The standard InChI is InChI=1S/C9H8ClN3O/c1-5-12-9(13-14-5)7-3-2-6(11)4-8(7)10/h2-4H,11H2,1H3. The summed E-state index contributed by atoms with van der Waals surface area (Å²) in [5.41, 5.74) is 6.89. The van der Waals surface area contributed by atoms with E-state index in [-0.39, 0.29) is 0 Å². The number of nitrogens with zero attached hydrogens (tertiary/aromatic N) is 2. The molecule has 0 aliphatic rings. The van der Waals surface area contributed by atoms with Gasteiger partial charge in [-0.15, -0.1) is 0 Å². The molecule has 1 heterocycles. The van der Waals surface area contributed by atoms with Crippen molar-refractivity contribution in [1.82, 2.24) is 10.1 Å². The number of hydrogen-bond donors (Lipinski definition) is 1. The van der Waals surface area contributed by atoms with Gasteiger partial charge in [-0.3, -0.25) is 0 Å². The molecule has 0 atom stereocenters. The highest BCUT2D eigenvalue weighted by Gasteiger charge is 2.09. The molecule has 0 aliphatic heterocycles. The third-order valence-electron chi connectivity index (χ3n) is 1.76. The van der Waals surface area contributed by atoms with Gasteiger partial charge < -0.3 is 10.3 Å². The highest BCUT2D eigenvalue weighted by atomic mass is 35.5. The van der Waals surface area contributed by atoms with Crippen LogP contribution in [0.4, 0.5) is 5.69 Å². The normalized spacial score (nSPS) is 10.4. The second-order valence-electron chi connectivity index (χ2n) is 2.88. The first-order chi connectivity index (χ1) is 6.66. The van der Waals surface area contributed by atoms with Gasteiger partial charge in [0.1, 0.15) is 0 Å². The summed E-state index contributed by atoms with van der Waals surface area (Å²) >= 11 is 5.97. The Morgan fingerprint density at radius 3 is 2.79 bits per heavy atom. The van der Waals surface area contributed by atoms with Crippen LogP contribution in [0.5, 0.6) is 0 Å². The van der Waals surface area contributed by atoms with Crippen molar-refractivity contribution >= 4 is 17.3 Å². The molecule has 0 saturated heterocycles. The molecule has 2 aromatic rings. The molecule has 14 heavy (non-hydrogen) atoms. The van der Waals surface area contributed by atoms with Gasteiger partial charge in [-0.05, 0) is 18.2 Å². The average molecular weight is 210 g/mol. The van der Waals surface area contributed by atoms with Crippen LogP contribution in [0.3, 0.4) is 0 Å². The molecule has 4 nitrogen and oxygen atoms in total. The lowest BCUT2D eigenvalue weighted by molar-refractivity contribution is 0.394. The van der Waals surface area contributed by atoms with Crippen LogP contribution in [-0.4, -0.2) is 10.1 Å². The Labute approximate surface area is 85.7 Å². The molecule has 5 heteroatoms. The van der Waals surface area contributed by atoms with E-state index in [0.717, 1.165) is 5.56 Å². The lowest BCUT2D eigenvalue weighted by atomic mass is 10.2. The van der Waals surface area contributed by atoms with Crippen molar-refractivity contribution in [2.24, 2.45) is 0 Å². The molecule has 0 aliphatic carbocycles. The summed E-state index contributed by atoms with van der Waals surface area (Å²) in [7, 11) is 0. The van der Waals surface area contributed by atoms with Crippen LogP contribution in [-0.2, 0) is 0 Å². The summed E-state index contributed by atoms with van der Waals surface area (Å²) in [5, 5.41) is 4.28. The lowest BCUT2D eigenvalue weighted by Crippen LogP contribution is -1.87. The molecule has 0 spiro atoms. The van der Waals surface area contributed by atoms with E-state index in [2.05, 4.69) is 10.1 Å². The van der Waals surface area contributed by atoms with Gasteiger partial charge in [0.05, 0.1) is 5.02 Å². The van der Waals surface area contributed by atoms with Crippen molar-refractivity contribution in [3.8, 4) is 11.4 Å². The fourth-order valence-electron chi connectivity index (χ4n) is 1.12. The number of aromatic nitrogens is 2. The fourth-order valence-corrected chi connectivity index (χ4v) is 1.39. The van der Waals surface area contributed by atoms with Gasteiger partial charge in [-0.2, -0.15) is 4.98 Å². The summed E-state index contributed by atoms with van der Waals surface area (Å²) in [4.78, 5) is 4.07. The summed E-state index contributed by atoms with van der Waals surface area (Å²) in [5.74, 6) is 0.986. The van der Waals surface area contributed by atoms with Crippen LogP contribution in [0.15, 0.2) is 22.7 Å². The predicted molar refractivity (Wildman–Crippen MR) is 53.9 cm³/mol. The van der Waals surface area contributed by atoms with Crippen molar-refractivity contribution in [2.45, 2.75) is 6.92 Å². The first-order valence-corrected chi connectivity index (χ1v) is 4.40. The smallest absolute Gasteiger partial charge is 0.223 e. The average Bonchev–Trinajstić information content (AvgIpc) is 2.51. The van der Waals surface area contributed by atoms with Crippen LogP contribution < -0.4 is 5.73 Å². The SMILES string of the molecule is Cc1nc(-c2ccc(N)cc2Cl)no1. The molecule has 1 aromatic heterocycles. The highest BCUT2D eigenvalue weighted by molar-refractivity contribution is 6.33. The molecule has 72 valence electrons. The summed E-state index contributed by atoms with van der Waals surface area (Å²) in [6.07, 6.45) is 0. The Balaban J connectivity index is 2.52. The van der Waals surface area contributed by atoms with Crippen LogP contribution in [0.2, 0.25) is 5.02 Å². The molecule has 0 bridgehead atoms. The summed E-state index contributed by atoms with van der Waals surface area (Å²) in [6.45, 7) is 1.72. The Kier molecular flexibility index (Phi) is 2.13. The molecule has 0 saturated carbocycles. The number of nitrogen functional groups attached to an aromatic ring is 1. The van der Waals surface area contributed by atoms with E-state index in [9.17, 15) is 0 Å². The zero-order chi connectivity index (χ0) is 10.1. The van der Waals surface area contributed by atoms with Crippen molar-refractivity contribution in [3.63, 3.8) is 0 Å². The maximum atomic E-state index is 5.97. The van der Waals surface area contributed by atoms with Gasteiger partial charge >= 0.3 is 0 Å². The van der Waals surface area contributed by atoms with Crippen molar-refractivity contribution < 1.29 is 4.52 Å². The van der Waals surface area contributed by atoms with E-state index in [4.69, 9.17) is 21.9 Å². The third kappa shape index (κ3) is 1.56. The molecule has 2 rings (SSSR count). The largest absolute Gasteiger partial charge is 0.399 e. The van der Waals surface area contributed by atoms with E-state index in [1.807, 2.05) is 0 Å². The summed E-state index contributed by atoms with van der Waals surface area (Å²) in [6, 6.07) is 5.16. The van der Waals surface area contributed by atoms with E-state index >= 15 is 0 Å². The number of aryl methyl sites for hydroxylation is 1. The topological polar surface area (TPSA) is 64.9 Å². The minimum absolute atomic E-state index is 0.479. The van der Waals surface area contributed by atoms with Gasteiger partial charge in [0.2, 0.25) is 11.7 Å². The fraction of sp³-hybridized carbons (Fsp3) is 0.111. The van der Waals surface area contributed by atoms with Crippen LogP contribution in [0.25, 0.3) is 11.4 Å². The Hall–Kier alpha value is -1.55. The lowest BCUT2D eigenvalue weighted by Gasteiger charge is -1.99. The quantitative estimate of drug-likeness (QED) is 0.732. The van der Waals surface area contributed by atoms with Crippen LogP contribution >= 0.6 is 11.6 Å². The molecular formula is C9H8ClN3O. The zero-order valence-electron chi connectivity index (χ0n) is 7.49. The van der Waals surface area contributed by atoms with E-state index in [1.54, 1.807) is 25.1 Å². The maximum Gasteiger partial charge on any atom is 0.223 e. The minimum Gasteiger partial charge on any atom is -0.399 e. The second kappa shape index (κ2) is 3.31. The molecular weight excluding hydrogens is 202 g/mol. The van der Waals surface area contributed by atoms with Crippen LogP contribution in [0.1, 0.15) is 5.89 Å². The molecule has 0 fully saturated rings. The molecule has 1 aromatic carbocycles. The highest BCUT2D eigenvalue weighted by Crippen LogP contribution is 2.27. The first-order valence-electron chi connectivity index (χ1n) is 4.02. The Morgan fingerprint density at radius 2 is 2.21 bits per heavy atom. The number of hydrogen-bond acceptors (Lipinski definition) is 4. The summed E-state index contributed by atoms with van der Waals surface area (Å²) < 4.78 is 4.85. The third-order valence-corrected chi connectivity index (χ3v) is 2.07. The zero-order valence-corrected chi connectivity index (χ0v) is 8.25. The number of benzene rings is 1. The number of halogens is 1. The number of rotatable bonds is 1. The van der Waals surface area contributed by atoms with Crippen molar-refractivity contribution in [1.29, 1.82) is 0 Å². The molecule has 2 N–H and O–H groups in total. The minimum atomic E-state index is 0.479. The van der Waals surface area contributed by atoms with Crippen molar-refractivity contribution in [2.75, 3.05) is 5.73 Å². The van der Waals surface area contributed by atoms with Gasteiger partial charge in [0.15, 0.2) is 0 Å². The van der Waals surface area contributed by atoms with Crippen molar-refractivity contribution in [3.05, 3.63) is 29.1 Å². The Morgan fingerprint density at radius 1 is 1.43 bits per heavy atom. The van der Waals surface area contributed by atoms with Gasteiger partial charge in [-0.25, -0.2) is 0 Å². The van der Waals surface area contributed by atoms with Gasteiger partial charge in [-0.1, -0.05) is 16.8 Å². The number of nitrogens with two attached hydrogens (primary N) is 1. The maximum absolute atomic E-state index is 5.97. The Bertz CT molecular complexity index is 467. The molecule has 0 amide bonds.